The first kappa shape index (κ1) is 23.9. The van der Waals surface area contributed by atoms with E-state index >= 15 is 0 Å². The molecule has 1 N–H and O–H groups in total. The molecule has 0 atom stereocenters. The number of anilines is 1. The number of pyridine rings is 1. The smallest absolute Gasteiger partial charge is 0.325 e. The number of ketones is 1. The minimum atomic E-state index is -4.86. The number of halogens is 4. The van der Waals surface area contributed by atoms with Gasteiger partial charge < -0.3 is 5.32 Å². The molecule has 4 aromatic rings. The zero-order chi connectivity index (χ0) is 25.5. The topological polar surface area (TPSA) is 86.0 Å². The average Bonchev–Trinajstić information content (AvgIpc) is 3.12. The van der Waals surface area contributed by atoms with Crippen LogP contribution in [-0.4, -0.2) is 26.0 Å². The molecule has 4 rings (SSSR count). The molecule has 11 heteroatoms. The molecule has 0 bridgehead atoms. The molecule has 0 unspecified atom stereocenters. The van der Waals surface area contributed by atoms with Gasteiger partial charge in [-0.1, -0.05) is 6.07 Å². The first-order chi connectivity index (χ1) is 16.5. The molecule has 2 heterocycles. The minimum Gasteiger partial charge on any atom is -0.325 e. The van der Waals surface area contributed by atoms with Crippen LogP contribution in [0.25, 0.3) is 16.7 Å². The molecule has 0 aliphatic heterocycles. The number of Topliss-reactive ketones (excluding diaryl/α,β-unsaturated/α-hetero) is 1. The van der Waals surface area contributed by atoms with Crippen LogP contribution in [-0.2, 0) is 17.5 Å². The minimum absolute atomic E-state index is 0.0504. The summed E-state index contributed by atoms with van der Waals surface area (Å²) in [4.78, 5) is 37.0. The lowest BCUT2D eigenvalue weighted by Crippen LogP contribution is -2.30. The molecule has 0 fully saturated rings. The Kier molecular flexibility index (Phi) is 6.01. The van der Waals surface area contributed by atoms with Crippen LogP contribution in [0, 0.1) is 12.7 Å². The van der Waals surface area contributed by atoms with E-state index in [1.165, 1.54) is 50.2 Å². The number of benzene rings is 2. The maximum atomic E-state index is 13.9. The SMILES string of the molecule is CC(=O)c1ccc(NC(=O)Cn2c(=O)cc(C(F)(F)F)c3c(C)nn(-c4cccc(F)c4)c32)cc1. The predicted molar refractivity (Wildman–Crippen MR) is 120 cm³/mol. The fourth-order valence-electron chi connectivity index (χ4n) is 3.75. The molecule has 180 valence electrons. The molecule has 35 heavy (non-hydrogen) atoms. The van der Waals surface area contributed by atoms with Gasteiger partial charge in [0.1, 0.15) is 18.0 Å². The number of hydrogen-bond acceptors (Lipinski definition) is 4. The number of nitrogens with zero attached hydrogens (tertiary/aromatic N) is 3. The van der Waals surface area contributed by atoms with Crippen molar-refractivity contribution in [3.8, 4) is 5.69 Å². The average molecular weight is 486 g/mol. The number of carbonyl (C=O) groups is 2. The van der Waals surface area contributed by atoms with Crippen molar-refractivity contribution in [1.82, 2.24) is 14.3 Å². The van der Waals surface area contributed by atoms with Crippen LogP contribution in [0.2, 0.25) is 0 Å². The second-order valence-corrected chi connectivity index (χ2v) is 7.84. The van der Waals surface area contributed by atoms with Crippen LogP contribution in [0.4, 0.5) is 23.2 Å². The molecule has 2 aromatic carbocycles. The van der Waals surface area contributed by atoms with Gasteiger partial charge in [0.15, 0.2) is 5.78 Å². The molecule has 0 aliphatic carbocycles. The lowest BCUT2D eigenvalue weighted by Gasteiger charge is -2.15. The largest absolute Gasteiger partial charge is 0.417 e. The number of amides is 1. The molecule has 2 aromatic heterocycles. The molecule has 0 saturated heterocycles. The van der Waals surface area contributed by atoms with Crippen molar-refractivity contribution in [2.75, 3.05) is 5.32 Å². The van der Waals surface area contributed by atoms with Crippen molar-refractivity contribution < 1.29 is 27.2 Å². The highest BCUT2D eigenvalue weighted by molar-refractivity contribution is 5.96. The summed E-state index contributed by atoms with van der Waals surface area (Å²) in [6.07, 6.45) is -4.86. The summed E-state index contributed by atoms with van der Waals surface area (Å²) in [5.74, 6) is -1.52. The number of aryl methyl sites for hydroxylation is 1. The zero-order valence-corrected chi connectivity index (χ0v) is 18.5. The molecular formula is C24H18F4N4O3. The molecule has 0 radical (unpaired) electrons. The fraction of sp³-hybridized carbons (Fsp3) is 0.167. The summed E-state index contributed by atoms with van der Waals surface area (Å²) in [5, 5.41) is 6.29. The maximum Gasteiger partial charge on any atom is 0.417 e. The van der Waals surface area contributed by atoms with E-state index in [2.05, 4.69) is 10.4 Å². The highest BCUT2D eigenvalue weighted by Gasteiger charge is 2.36. The first-order valence-corrected chi connectivity index (χ1v) is 10.3. The van der Waals surface area contributed by atoms with Crippen molar-refractivity contribution >= 4 is 28.4 Å². The highest BCUT2D eigenvalue weighted by Crippen LogP contribution is 2.36. The van der Waals surface area contributed by atoms with Gasteiger partial charge in [-0.25, -0.2) is 9.07 Å². The van der Waals surface area contributed by atoms with Gasteiger partial charge in [-0.15, -0.1) is 0 Å². The zero-order valence-electron chi connectivity index (χ0n) is 18.5. The van der Waals surface area contributed by atoms with Crippen LogP contribution >= 0.6 is 0 Å². The van der Waals surface area contributed by atoms with Crippen LogP contribution in [0.15, 0.2) is 59.4 Å². The van der Waals surface area contributed by atoms with Crippen LogP contribution in [0.3, 0.4) is 0 Å². The Hall–Kier alpha value is -4.28. The Balaban J connectivity index is 1.84. The molecular weight excluding hydrogens is 468 g/mol. The van der Waals surface area contributed by atoms with E-state index in [0.29, 0.717) is 17.3 Å². The summed E-state index contributed by atoms with van der Waals surface area (Å²) >= 11 is 0. The monoisotopic (exact) mass is 486 g/mol. The molecule has 7 nitrogen and oxygen atoms in total. The Labute approximate surface area is 195 Å². The Morgan fingerprint density at radius 3 is 2.34 bits per heavy atom. The van der Waals surface area contributed by atoms with Crippen LogP contribution < -0.4 is 10.9 Å². The summed E-state index contributed by atoms with van der Waals surface area (Å²) in [7, 11) is 0. The number of alkyl halides is 3. The van der Waals surface area contributed by atoms with Gasteiger partial charge in [0.2, 0.25) is 5.91 Å². The van der Waals surface area contributed by atoms with Gasteiger partial charge in [-0.2, -0.15) is 18.3 Å². The Morgan fingerprint density at radius 2 is 1.74 bits per heavy atom. The first-order valence-electron chi connectivity index (χ1n) is 10.3. The lowest BCUT2D eigenvalue weighted by molar-refractivity contribution is -0.136. The number of hydrogen-bond donors (Lipinski definition) is 1. The van der Waals surface area contributed by atoms with E-state index in [1.807, 2.05) is 0 Å². The van der Waals surface area contributed by atoms with Crippen molar-refractivity contribution in [2.24, 2.45) is 0 Å². The van der Waals surface area contributed by atoms with Crippen molar-refractivity contribution in [1.29, 1.82) is 0 Å². The van der Waals surface area contributed by atoms with Crippen LogP contribution in [0.5, 0.6) is 0 Å². The number of carbonyl (C=O) groups excluding carboxylic acids is 2. The third kappa shape index (κ3) is 4.70. The van der Waals surface area contributed by atoms with Gasteiger partial charge in [0.25, 0.3) is 5.56 Å². The Morgan fingerprint density at radius 1 is 1.06 bits per heavy atom. The van der Waals surface area contributed by atoms with Crippen LogP contribution in [0.1, 0.15) is 28.5 Å². The van der Waals surface area contributed by atoms with Gasteiger partial charge in [-0.3, -0.25) is 19.0 Å². The van der Waals surface area contributed by atoms with Crippen molar-refractivity contribution in [3.63, 3.8) is 0 Å². The Bertz CT molecular complexity index is 1520. The van der Waals surface area contributed by atoms with Crippen molar-refractivity contribution in [3.05, 3.63) is 87.6 Å². The number of aromatic nitrogens is 3. The summed E-state index contributed by atoms with van der Waals surface area (Å²) in [6, 6.07) is 11.4. The third-order valence-corrected chi connectivity index (χ3v) is 5.33. The van der Waals surface area contributed by atoms with Gasteiger partial charge in [-0.05, 0) is 56.3 Å². The van der Waals surface area contributed by atoms with E-state index in [9.17, 15) is 31.9 Å². The van der Waals surface area contributed by atoms with E-state index in [4.69, 9.17) is 0 Å². The fourth-order valence-corrected chi connectivity index (χ4v) is 3.75. The van der Waals surface area contributed by atoms with Gasteiger partial charge in [0.05, 0.1) is 22.3 Å². The third-order valence-electron chi connectivity index (χ3n) is 5.33. The second kappa shape index (κ2) is 8.82. The summed E-state index contributed by atoms with van der Waals surface area (Å²) in [5.41, 5.74) is -1.79. The number of nitrogens with one attached hydrogen (secondary N) is 1. The van der Waals surface area contributed by atoms with E-state index in [0.717, 1.165) is 21.4 Å². The second-order valence-electron chi connectivity index (χ2n) is 7.84. The van der Waals surface area contributed by atoms with E-state index < -0.39 is 35.6 Å². The van der Waals surface area contributed by atoms with Gasteiger partial charge >= 0.3 is 6.18 Å². The molecule has 0 spiro atoms. The number of fused-ring (bicyclic) bond motifs is 1. The predicted octanol–water partition coefficient (Wildman–Crippen LogP) is 4.49. The van der Waals surface area contributed by atoms with Crippen molar-refractivity contribution in [2.45, 2.75) is 26.6 Å². The number of rotatable bonds is 5. The standard InChI is InChI=1S/C24H18F4N4O3/c1-13-22-19(24(26,27)28)11-21(35)31(23(22)32(30-13)18-5-3-4-16(25)10-18)12-20(34)29-17-8-6-15(7-9-17)14(2)33/h3-11H,12H2,1-2H3,(H,29,34). The summed E-state index contributed by atoms with van der Waals surface area (Å²) in [6.45, 7) is 2.08. The highest BCUT2D eigenvalue weighted by atomic mass is 19.4. The lowest BCUT2D eigenvalue weighted by atomic mass is 10.1. The quantitative estimate of drug-likeness (QED) is 0.333. The summed E-state index contributed by atoms with van der Waals surface area (Å²) < 4.78 is 57.1. The van der Waals surface area contributed by atoms with E-state index in [-0.39, 0.29) is 28.2 Å². The molecule has 0 aliphatic rings. The molecule has 1 amide bonds. The maximum absolute atomic E-state index is 13.9. The van der Waals surface area contributed by atoms with E-state index in [1.54, 1.807) is 0 Å². The molecule has 0 saturated carbocycles. The normalized spacial score (nSPS) is 11.6. The van der Waals surface area contributed by atoms with Gasteiger partial charge in [0, 0.05) is 17.3 Å².